The molecule has 1 N–H and O–H groups in total. The Bertz CT molecular complexity index is 433. The SMILES string of the molecule is CCNCC1CCC(C)CC1Cc1ccc(Br)cc1F. The van der Waals surface area contributed by atoms with Crippen LogP contribution in [0, 0.1) is 23.6 Å². The summed E-state index contributed by atoms with van der Waals surface area (Å²) in [7, 11) is 0. The second kappa shape index (κ2) is 7.56. The first-order chi connectivity index (χ1) is 9.60. The van der Waals surface area contributed by atoms with Crippen LogP contribution in [-0.2, 0) is 6.42 Å². The molecule has 2 rings (SSSR count). The van der Waals surface area contributed by atoms with Crippen molar-refractivity contribution in [3.63, 3.8) is 0 Å². The van der Waals surface area contributed by atoms with E-state index in [1.165, 1.54) is 19.3 Å². The molecule has 1 fully saturated rings. The summed E-state index contributed by atoms with van der Waals surface area (Å²) in [6, 6.07) is 5.47. The fraction of sp³-hybridized carbons (Fsp3) is 0.647. The lowest BCUT2D eigenvalue weighted by Gasteiger charge is -2.35. The van der Waals surface area contributed by atoms with Crippen LogP contribution in [0.1, 0.15) is 38.7 Å². The van der Waals surface area contributed by atoms with E-state index < -0.39 is 0 Å². The summed E-state index contributed by atoms with van der Waals surface area (Å²) < 4.78 is 14.9. The molecule has 112 valence electrons. The zero-order chi connectivity index (χ0) is 14.5. The smallest absolute Gasteiger partial charge is 0.127 e. The predicted octanol–water partition coefficient (Wildman–Crippen LogP) is 4.79. The average Bonchev–Trinajstić information content (AvgIpc) is 2.41. The van der Waals surface area contributed by atoms with Crippen molar-refractivity contribution in [3.8, 4) is 0 Å². The maximum atomic E-state index is 14.0. The van der Waals surface area contributed by atoms with Gasteiger partial charge in [0.05, 0.1) is 0 Å². The Labute approximate surface area is 130 Å². The Hall–Kier alpha value is -0.410. The molecule has 0 saturated heterocycles. The molecule has 3 heteroatoms. The van der Waals surface area contributed by atoms with Gasteiger partial charge in [-0.2, -0.15) is 0 Å². The molecule has 0 bridgehead atoms. The predicted molar refractivity (Wildman–Crippen MR) is 86.3 cm³/mol. The molecule has 0 spiro atoms. The molecule has 20 heavy (non-hydrogen) atoms. The van der Waals surface area contributed by atoms with E-state index in [9.17, 15) is 4.39 Å². The Morgan fingerprint density at radius 1 is 1.30 bits per heavy atom. The third-order valence-corrected chi connectivity index (χ3v) is 5.05. The van der Waals surface area contributed by atoms with Gasteiger partial charge in [0, 0.05) is 4.47 Å². The van der Waals surface area contributed by atoms with E-state index in [0.29, 0.717) is 11.8 Å². The van der Waals surface area contributed by atoms with Crippen molar-refractivity contribution >= 4 is 15.9 Å². The van der Waals surface area contributed by atoms with Crippen LogP contribution in [0.3, 0.4) is 0 Å². The lowest BCUT2D eigenvalue weighted by Crippen LogP contribution is -2.33. The standard InChI is InChI=1S/C17H25BrFN/c1-3-20-11-14-5-4-12(2)8-15(14)9-13-6-7-16(18)10-17(13)19/h6-7,10,12,14-15,20H,3-5,8-9,11H2,1-2H3. The van der Waals surface area contributed by atoms with Crippen LogP contribution in [0.25, 0.3) is 0 Å². The molecule has 3 unspecified atom stereocenters. The van der Waals surface area contributed by atoms with E-state index in [-0.39, 0.29) is 5.82 Å². The average molecular weight is 342 g/mol. The normalized spacial score (nSPS) is 26.7. The van der Waals surface area contributed by atoms with Crippen LogP contribution >= 0.6 is 15.9 Å². The van der Waals surface area contributed by atoms with E-state index >= 15 is 0 Å². The molecule has 0 amide bonds. The first-order valence-corrected chi connectivity index (χ1v) is 8.54. The van der Waals surface area contributed by atoms with Crippen molar-refractivity contribution in [1.29, 1.82) is 0 Å². The highest BCUT2D eigenvalue weighted by molar-refractivity contribution is 9.10. The number of benzene rings is 1. The van der Waals surface area contributed by atoms with Gasteiger partial charge in [0.2, 0.25) is 0 Å². The molecule has 1 aliphatic carbocycles. The molecule has 1 aromatic rings. The Morgan fingerprint density at radius 3 is 2.80 bits per heavy atom. The van der Waals surface area contributed by atoms with E-state index in [1.54, 1.807) is 6.07 Å². The molecule has 3 atom stereocenters. The lowest BCUT2D eigenvalue weighted by atomic mass is 9.72. The van der Waals surface area contributed by atoms with Crippen molar-refractivity contribution in [2.24, 2.45) is 17.8 Å². The van der Waals surface area contributed by atoms with Gasteiger partial charge in [0.25, 0.3) is 0 Å². The van der Waals surface area contributed by atoms with E-state index in [2.05, 4.69) is 35.1 Å². The quantitative estimate of drug-likeness (QED) is 0.811. The minimum Gasteiger partial charge on any atom is -0.317 e. The minimum atomic E-state index is -0.0696. The van der Waals surface area contributed by atoms with Gasteiger partial charge < -0.3 is 5.32 Å². The zero-order valence-electron chi connectivity index (χ0n) is 12.5. The van der Waals surface area contributed by atoms with Crippen molar-refractivity contribution in [2.75, 3.05) is 13.1 Å². The summed E-state index contributed by atoms with van der Waals surface area (Å²) in [5, 5.41) is 3.47. The Morgan fingerprint density at radius 2 is 2.10 bits per heavy atom. The molecule has 0 radical (unpaired) electrons. The lowest BCUT2D eigenvalue weighted by molar-refractivity contribution is 0.183. The van der Waals surface area contributed by atoms with Gasteiger partial charge in [-0.25, -0.2) is 4.39 Å². The van der Waals surface area contributed by atoms with Crippen molar-refractivity contribution in [3.05, 3.63) is 34.1 Å². The third kappa shape index (κ3) is 4.29. The maximum Gasteiger partial charge on any atom is 0.127 e. The number of hydrogen-bond acceptors (Lipinski definition) is 1. The molecular formula is C17H25BrFN. The van der Waals surface area contributed by atoms with Gasteiger partial charge in [-0.05, 0) is 67.8 Å². The van der Waals surface area contributed by atoms with Gasteiger partial charge in [0.15, 0.2) is 0 Å². The highest BCUT2D eigenvalue weighted by atomic mass is 79.9. The van der Waals surface area contributed by atoms with E-state index in [1.807, 2.05) is 12.1 Å². The number of nitrogens with one attached hydrogen (secondary N) is 1. The van der Waals surface area contributed by atoms with Gasteiger partial charge in [-0.1, -0.05) is 42.3 Å². The van der Waals surface area contributed by atoms with Crippen LogP contribution in [-0.4, -0.2) is 13.1 Å². The zero-order valence-corrected chi connectivity index (χ0v) is 14.0. The summed E-state index contributed by atoms with van der Waals surface area (Å²) in [6.45, 7) is 6.57. The van der Waals surface area contributed by atoms with Crippen molar-refractivity contribution in [1.82, 2.24) is 5.32 Å². The van der Waals surface area contributed by atoms with Gasteiger partial charge in [-0.15, -0.1) is 0 Å². The second-order valence-corrected chi connectivity index (χ2v) is 7.10. The molecule has 1 aliphatic rings. The van der Waals surface area contributed by atoms with Gasteiger partial charge >= 0.3 is 0 Å². The molecular weight excluding hydrogens is 317 g/mol. The van der Waals surface area contributed by atoms with Crippen LogP contribution in [0.15, 0.2) is 22.7 Å². The molecule has 0 aliphatic heterocycles. The number of rotatable bonds is 5. The fourth-order valence-corrected chi connectivity index (χ4v) is 3.71. The van der Waals surface area contributed by atoms with E-state index in [4.69, 9.17) is 0 Å². The molecule has 1 aromatic carbocycles. The van der Waals surface area contributed by atoms with Crippen molar-refractivity contribution < 1.29 is 4.39 Å². The summed E-state index contributed by atoms with van der Waals surface area (Å²) >= 11 is 3.33. The first-order valence-electron chi connectivity index (χ1n) is 7.74. The molecule has 0 heterocycles. The number of hydrogen-bond donors (Lipinski definition) is 1. The molecule has 1 nitrogen and oxygen atoms in total. The molecule has 0 aromatic heterocycles. The minimum absolute atomic E-state index is 0.0696. The van der Waals surface area contributed by atoms with Crippen molar-refractivity contribution in [2.45, 2.75) is 39.5 Å². The maximum absolute atomic E-state index is 14.0. The van der Waals surface area contributed by atoms with Crippen LogP contribution in [0.2, 0.25) is 0 Å². The monoisotopic (exact) mass is 341 g/mol. The second-order valence-electron chi connectivity index (χ2n) is 6.19. The van der Waals surface area contributed by atoms with E-state index in [0.717, 1.165) is 35.5 Å². The van der Waals surface area contributed by atoms with Crippen LogP contribution in [0.5, 0.6) is 0 Å². The molecule has 1 saturated carbocycles. The topological polar surface area (TPSA) is 12.0 Å². The van der Waals surface area contributed by atoms with Crippen LogP contribution in [0.4, 0.5) is 4.39 Å². The number of halogens is 2. The van der Waals surface area contributed by atoms with Gasteiger partial charge in [-0.3, -0.25) is 0 Å². The fourth-order valence-electron chi connectivity index (χ4n) is 3.38. The third-order valence-electron chi connectivity index (χ3n) is 4.56. The first kappa shape index (κ1) is 16.0. The summed E-state index contributed by atoms with van der Waals surface area (Å²) in [4.78, 5) is 0. The largest absolute Gasteiger partial charge is 0.317 e. The summed E-state index contributed by atoms with van der Waals surface area (Å²) in [5.41, 5.74) is 0.869. The van der Waals surface area contributed by atoms with Crippen LogP contribution < -0.4 is 5.32 Å². The Kier molecular flexibility index (Phi) is 6.03. The summed E-state index contributed by atoms with van der Waals surface area (Å²) in [5.74, 6) is 2.00. The highest BCUT2D eigenvalue weighted by Gasteiger charge is 2.28. The highest BCUT2D eigenvalue weighted by Crippen LogP contribution is 2.36. The van der Waals surface area contributed by atoms with Gasteiger partial charge in [0.1, 0.15) is 5.82 Å². The summed E-state index contributed by atoms with van der Waals surface area (Å²) in [6.07, 6.45) is 4.69. The Balaban J connectivity index is 2.06.